The number of hydrogen-bond acceptors (Lipinski definition) is 4. The van der Waals surface area contributed by atoms with Crippen LogP contribution >= 0.6 is 0 Å². The third kappa shape index (κ3) is 4.45. The molecule has 2 N–H and O–H groups in total. The second-order valence-corrected chi connectivity index (χ2v) is 9.03. The summed E-state index contributed by atoms with van der Waals surface area (Å²) in [4.78, 5) is 31.2. The van der Waals surface area contributed by atoms with Crippen LogP contribution in [0.4, 0.5) is 0 Å². The van der Waals surface area contributed by atoms with Crippen LogP contribution in [0, 0.1) is 29.6 Å². The summed E-state index contributed by atoms with van der Waals surface area (Å²) in [5.41, 5.74) is 1.09. The van der Waals surface area contributed by atoms with Crippen LogP contribution in [-0.4, -0.2) is 49.4 Å². The van der Waals surface area contributed by atoms with Gasteiger partial charge in [0.2, 0.25) is 11.8 Å². The molecule has 1 heterocycles. The third-order valence-electron chi connectivity index (χ3n) is 6.35. The summed E-state index contributed by atoms with van der Waals surface area (Å²) in [7, 11) is 1.71. The van der Waals surface area contributed by atoms with Crippen molar-refractivity contribution in [3.63, 3.8) is 0 Å². The average molecular weight is 425 g/mol. The maximum absolute atomic E-state index is 12.8. The number of guanidine groups is 1. The van der Waals surface area contributed by atoms with Crippen LogP contribution in [-0.2, 0) is 16.1 Å². The van der Waals surface area contributed by atoms with Crippen molar-refractivity contribution in [1.82, 2.24) is 15.5 Å². The van der Waals surface area contributed by atoms with E-state index in [1.54, 1.807) is 7.05 Å². The van der Waals surface area contributed by atoms with Gasteiger partial charge in [0.1, 0.15) is 5.75 Å². The first-order valence-electron chi connectivity index (χ1n) is 11.2. The number of aliphatic imine (C=N–C) groups is 1. The Morgan fingerprint density at radius 1 is 1.16 bits per heavy atom. The molecule has 1 aliphatic heterocycles. The van der Waals surface area contributed by atoms with Gasteiger partial charge in [0.15, 0.2) is 5.96 Å². The highest BCUT2D eigenvalue weighted by Gasteiger charge is 2.58. The van der Waals surface area contributed by atoms with Gasteiger partial charge in [0, 0.05) is 26.7 Å². The summed E-state index contributed by atoms with van der Waals surface area (Å²) >= 11 is 0. The number of benzene rings is 1. The number of nitrogens with zero attached hydrogens (tertiary/aromatic N) is 2. The Kier molecular flexibility index (Phi) is 6.30. The molecule has 0 aromatic heterocycles. The zero-order valence-corrected chi connectivity index (χ0v) is 18.5. The molecule has 2 aliphatic carbocycles. The molecule has 2 bridgehead atoms. The molecule has 1 aromatic rings. The number of nitrogens with one attached hydrogen (secondary N) is 2. The van der Waals surface area contributed by atoms with Crippen LogP contribution in [0.3, 0.4) is 0 Å². The van der Waals surface area contributed by atoms with Gasteiger partial charge in [0.25, 0.3) is 0 Å². The van der Waals surface area contributed by atoms with E-state index in [1.165, 1.54) is 4.90 Å². The van der Waals surface area contributed by atoms with Crippen molar-refractivity contribution in [2.75, 3.05) is 26.7 Å². The van der Waals surface area contributed by atoms with E-state index in [4.69, 9.17) is 4.74 Å². The van der Waals surface area contributed by atoms with Crippen LogP contribution in [0.15, 0.2) is 41.4 Å². The summed E-state index contributed by atoms with van der Waals surface area (Å²) in [5, 5.41) is 6.49. The van der Waals surface area contributed by atoms with Crippen LogP contribution in [0.25, 0.3) is 0 Å². The first-order chi connectivity index (χ1) is 15.0. The van der Waals surface area contributed by atoms with Gasteiger partial charge in [-0.3, -0.25) is 19.5 Å². The van der Waals surface area contributed by atoms with Gasteiger partial charge in [-0.1, -0.05) is 38.1 Å². The van der Waals surface area contributed by atoms with Crippen LogP contribution in [0.5, 0.6) is 5.75 Å². The van der Waals surface area contributed by atoms with Crippen LogP contribution in [0.2, 0.25) is 0 Å². The largest absolute Gasteiger partial charge is 0.493 e. The van der Waals surface area contributed by atoms with Crippen molar-refractivity contribution in [3.05, 3.63) is 42.0 Å². The minimum Gasteiger partial charge on any atom is -0.493 e. The van der Waals surface area contributed by atoms with E-state index in [0.29, 0.717) is 38.1 Å². The monoisotopic (exact) mass is 424 g/mol. The molecule has 4 unspecified atom stereocenters. The summed E-state index contributed by atoms with van der Waals surface area (Å²) in [6.07, 6.45) is 5.19. The van der Waals surface area contributed by atoms with Gasteiger partial charge < -0.3 is 15.4 Å². The van der Waals surface area contributed by atoms with Crippen molar-refractivity contribution in [1.29, 1.82) is 0 Å². The number of amides is 2. The number of fused-ring (bicyclic) bond motifs is 5. The van der Waals surface area contributed by atoms with Crippen molar-refractivity contribution >= 4 is 17.8 Å². The van der Waals surface area contributed by atoms with Gasteiger partial charge in [0.05, 0.1) is 18.4 Å². The van der Waals surface area contributed by atoms with Gasteiger partial charge >= 0.3 is 0 Å². The van der Waals surface area contributed by atoms with Crippen LogP contribution in [0.1, 0.15) is 25.8 Å². The van der Waals surface area contributed by atoms with Gasteiger partial charge in [-0.15, -0.1) is 0 Å². The van der Waals surface area contributed by atoms with E-state index in [2.05, 4.69) is 41.6 Å². The molecule has 0 spiro atoms. The highest BCUT2D eigenvalue weighted by Crippen LogP contribution is 2.52. The molecule has 7 heteroatoms. The van der Waals surface area contributed by atoms with Crippen molar-refractivity contribution in [2.24, 2.45) is 34.6 Å². The second-order valence-electron chi connectivity index (χ2n) is 9.03. The normalized spacial score (nSPS) is 26.7. The molecule has 4 rings (SSSR count). The molecule has 1 aromatic carbocycles. The Hall–Kier alpha value is -2.83. The summed E-state index contributed by atoms with van der Waals surface area (Å²) in [6, 6.07) is 7.99. The Morgan fingerprint density at radius 2 is 1.87 bits per heavy atom. The number of ether oxygens (including phenoxy) is 1. The molecule has 2 fully saturated rings. The lowest BCUT2D eigenvalue weighted by Gasteiger charge is -2.18. The fraction of sp³-hybridized carbons (Fsp3) is 0.542. The van der Waals surface area contributed by atoms with Crippen LogP contribution < -0.4 is 15.4 Å². The first kappa shape index (κ1) is 21.4. The molecular formula is C24H32N4O3. The summed E-state index contributed by atoms with van der Waals surface area (Å²) in [5.74, 6) is 2.19. The molecule has 2 amide bonds. The molecule has 7 nitrogen and oxygen atoms in total. The fourth-order valence-electron chi connectivity index (χ4n) is 4.89. The van der Waals surface area contributed by atoms with E-state index in [1.807, 2.05) is 24.3 Å². The molecule has 0 radical (unpaired) electrons. The Balaban J connectivity index is 1.24. The quantitative estimate of drug-likeness (QED) is 0.289. The second kappa shape index (κ2) is 9.12. The number of imide groups is 1. The highest BCUT2D eigenvalue weighted by molar-refractivity contribution is 6.06. The summed E-state index contributed by atoms with van der Waals surface area (Å²) in [6.45, 7) is 6.36. The zero-order chi connectivity index (χ0) is 22.0. The maximum atomic E-state index is 12.8. The van der Waals surface area contributed by atoms with E-state index in [-0.39, 0.29) is 35.5 Å². The highest BCUT2D eigenvalue weighted by atomic mass is 16.5. The van der Waals surface area contributed by atoms with Gasteiger partial charge in [-0.2, -0.15) is 0 Å². The van der Waals surface area contributed by atoms with Gasteiger partial charge in [-0.25, -0.2) is 0 Å². The molecule has 4 atom stereocenters. The average Bonchev–Trinajstić information content (AvgIpc) is 3.44. The Bertz CT molecular complexity index is 865. The minimum absolute atomic E-state index is 0.00481. The lowest BCUT2D eigenvalue weighted by molar-refractivity contribution is -0.140. The minimum atomic E-state index is -0.134. The van der Waals surface area contributed by atoms with E-state index in [9.17, 15) is 9.59 Å². The predicted octanol–water partition coefficient (Wildman–Crippen LogP) is 2.19. The number of carbonyl (C=O) groups excluding carboxylic acids is 2. The Labute approximate surface area is 183 Å². The smallest absolute Gasteiger partial charge is 0.233 e. The maximum Gasteiger partial charge on any atom is 0.233 e. The van der Waals surface area contributed by atoms with Gasteiger partial charge in [-0.05, 0) is 41.9 Å². The number of likely N-dealkylation sites (tertiary alicyclic amines) is 1. The van der Waals surface area contributed by atoms with E-state index >= 15 is 0 Å². The predicted molar refractivity (Wildman–Crippen MR) is 119 cm³/mol. The first-order valence-corrected chi connectivity index (χ1v) is 11.2. The number of allylic oxidation sites excluding steroid dienone is 2. The molecule has 1 saturated carbocycles. The van der Waals surface area contributed by atoms with E-state index < -0.39 is 0 Å². The SMILES string of the molecule is CN=C(NCCN1C(=O)C2C3C=CC(C3)C2C1=O)NCc1cccc(OCC(C)C)c1. The Morgan fingerprint density at radius 3 is 2.52 bits per heavy atom. The lowest BCUT2D eigenvalue weighted by Crippen LogP contribution is -2.43. The molecule has 166 valence electrons. The number of hydrogen-bond donors (Lipinski definition) is 2. The number of carbonyl (C=O) groups is 2. The van der Waals surface area contributed by atoms with Crippen molar-refractivity contribution in [3.8, 4) is 5.75 Å². The number of rotatable bonds is 8. The molecule has 1 saturated heterocycles. The molecular weight excluding hydrogens is 392 g/mol. The van der Waals surface area contributed by atoms with Crippen molar-refractivity contribution in [2.45, 2.75) is 26.8 Å². The zero-order valence-electron chi connectivity index (χ0n) is 18.5. The summed E-state index contributed by atoms with van der Waals surface area (Å²) < 4.78 is 5.79. The third-order valence-corrected chi connectivity index (χ3v) is 6.35. The topological polar surface area (TPSA) is 83.0 Å². The van der Waals surface area contributed by atoms with Crippen molar-refractivity contribution < 1.29 is 14.3 Å². The lowest BCUT2D eigenvalue weighted by atomic mass is 9.85. The standard InChI is InChI=1S/C24H32N4O3/c1-15(2)14-31-19-6-4-5-16(11-19)13-27-24(25-3)26-9-10-28-22(29)20-17-7-8-18(12-17)21(20)23(28)30/h4-8,11,15,17-18,20-21H,9-10,12-14H2,1-3H3,(H2,25,26,27). The molecule has 31 heavy (non-hydrogen) atoms. The fourth-order valence-corrected chi connectivity index (χ4v) is 4.89. The molecule has 3 aliphatic rings. The van der Waals surface area contributed by atoms with E-state index in [0.717, 1.165) is 17.7 Å².